The van der Waals surface area contributed by atoms with Crippen LogP contribution in [0.3, 0.4) is 0 Å². The fourth-order valence-electron chi connectivity index (χ4n) is 1.79. The second-order valence-corrected chi connectivity index (χ2v) is 4.94. The molecule has 0 aromatic heterocycles. The van der Waals surface area contributed by atoms with Crippen molar-refractivity contribution in [3.05, 3.63) is 0 Å². The van der Waals surface area contributed by atoms with Crippen LogP contribution in [0.25, 0.3) is 0 Å². The molecule has 16 heavy (non-hydrogen) atoms. The van der Waals surface area contributed by atoms with Crippen molar-refractivity contribution in [3.63, 3.8) is 0 Å². The molecule has 0 aromatic rings. The molecule has 1 saturated heterocycles. The molecule has 94 valence electrons. The number of carbonyl (C=O) groups excluding carboxylic acids is 1. The van der Waals surface area contributed by atoms with Gasteiger partial charge in [-0.05, 0) is 20.0 Å². The lowest BCUT2D eigenvalue weighted by Gasteiger charge is -2.32. The summed E-state index contributed by atoms with van der Waals surface area (Å²) in [6.45, 7) is 10.4. The summed E-state index contributed by atoms with van der Waals surface area (Å²) < 4.78 is 0. The minimum Gasteiger partial charge on any atom is -0.356 e. The van der Waals surface area contributed by atoms with Gasteiger partial charge in [0.2, 0.25) is 5.91 Å². The van der Waals surface area contributed by atoms with E-state index in [-0.39, 0.29) is 11.8 Å². The summed E-state index contributed by atoms with van der Waals surface area (Å²) in [7, 11) is 2.17. The molecule has 4 heteroatoms. The van der Waals surface area contributed by atoms with Gasteiger partial charge in [-0.1, -0.05) is 13.8 Å². The molecule has 0 radical (unpaired) electrons. The predicted octanol–water partition coefficient (Wildman–Crippen LogP) is 0.396. The van der Waals surface area contributed by atoms with E-state index < -0.39 is 0 Å². The first-order chi connectivity index (χ1) is 7.59. The topological polar surface area (TPSA) is 35.6 Å². The van der Waals surface area contributed by atoms with Crippen LogP contribution in [0, 0.1) is 5.92 Å². The quantitative estimate of drug-likeness (QED) is 0.690. The highest BCUT2D eigenvalue weighted by Crippen LogP contribution is 1.99. The van der Waals surface area contributed by atoms with Crippen molar-refractivity contribution in [2.75, 3.05) is 46.3 Å². The summed E-state index contributed by atoms with van der Waals surface area (Å²) in [6.07, 6.45) is 1.06. The van der Waals surface area contributed by atoms with Crippen LogP contribution in [0.1, 0.15) is 20.3 Å². The lowest BCUT2D eigenvalue weighted by molar-refractivity contribution is -0.123. The van der Waals surface area contributed by atoms with E-state index in [1.165, 1.54) is 13.1 Å². The molecule has 0 unspecified atom stereocenters. The number of piperazine rings is 1. The number of amides is 1. The van der Waals surface area contributed by atoms with E-state index in [4.69, 9.17) is 0 Å². The molecule has 1 fully saturated rings. The van der Waals surface area contributed by atoms with Gasteiger partial charge in [0.25, 0.3) is 0 Å². The van der Waals surface area contributed by atoms with E-state index in [1.54, 1.807) is 0 Å². The third-order valence-electron chi connectivity index (χ3n) is 3.07. The van der Waals surface area contributed by atoms with Gasteiger partial charge >= 0.3 is 0 Å². The monoisotopic (exact) mass is 227 g/mol. The zero-order chi connectivity index (χ0) is 12.0. The largest absolute Gasteiger partial charge is 0.356 e. The maximum atomic E-state index is 11.3. The first-order valence-electron chi connectivity index (χ1n) is 6.28. The van der Waals surface area contributed by atoms with Crippen molar-refractivity contribution >= 4 is 5.91 Å². The average molecular weight is 227 g/mol. The summed E-state index contributed by atoms with van der Waals surface area (Å²) in [5.74, 6) is 0.266. The Morgan fingerprint density at radius 3 is 2.44 bits per heavy atom. The zero-order valence-electron chi connectivity index (χ0n) is 10.8. The van der Waals surface area contributed by atoms with E-state index in [0.29, 0.717) is 0 Å². The van der Waals surface area contributed by atoms with Crippen LogP contribution in [0.2, 0.25) is 0 Å². The number of hydrogen-bond acceptors (Lipinski definition) is 3. The van der Waals surface area contributed by atoms with E-state index >= 15 is 0 Å². The second-order valence-electron chi connectivity index (χ2n) is 4.94. The number of rotatable bonds is 5. The lowest BCUT2D eigenvalue weighted by Crippen LogP contribution is -2.45. The normalized spacial score (nSPS) is 19.0. The molecule has 1 heterocycles. The molecule has 0 aromatic carbocycles. The molecule has 0 bridgehead atoms. The minimum absolute atomic E-state index is 0.101. The Labute approximate surface area is 99.0 Å². The molecule has 0 spiro atoms. The Balaban J connectivity index is 2.01. The summed E-state index contributed by atoms with van der Waals surface area (Å²) in [4.78, 5) is 16.1. The lowest BCUT2D eigenvalue weighted by atomic mass is 10.2. The molecule has 1 aliphatic heterocycles. The van der Waals surface area contributed by atoms with Gasteiger partial charge in [-0.3, -0.25) is 4.79 Å². The van der Waals surface area contributed by atoms with Gasteiger partial charge in [0.05, 0.1) is 0 Å². The summed E-state index contributed by atoms with van der Waals surface area (Å²) in [5, 5.41) is 2.95. The first-order valence-corrected chi connectivity index (χ1v) is 6.28. The van der Waals surface area contributed by atoms with Crippen molar-refractivity contribution in [2.24, 2.45) is 5.92 Å². The van der Waals surface area contributed by atoms with Gasteiger partial charge in [0.15, 0.2) is 0 Å². The van der Waals surface area contributed by atoms with Gasteiger partial charge in [-0.25, -0.2) is 0 Å². The Bertz CT molecular complexity index is 210. The van der Waals surface area contributed by atoms with Crippen LogP contribution < -0.4 is 5.32 Å². The Morgan fingerprint density at radius 1 is 1.25 bits per heavy atom. The SMILES string of the molecule is CC(C)C(=O)NCCCN1CCN(C)CC1. The van der Waals surface area contributed by atoms with Gasteiger partial charge in [-0.15, -0.1) is 0 Å². The molecule has 0 aliphatic carbocycles. The molecular formula is C12H25N3O. The summed E-state index contributed by atoms with van der Waals surface area (Å²) in [5.41, 5.74) is 0. The predicted molar refractivity (Wildman–Crippen MR) is 66.4 cm³/mol. The third kappa shape index (κ3) is 4.94. The van der Waals surface area contributed by atoms with E-state index in [2.05, 4.69) is 22.2 Å². The van der Waals surface area contributed by atoms with E-state index in [1.807, 2.05) is 13.8 Å². The molecule has 4 nitrogen and oxygen atoms in total. The van der Waals surface area contributed by atoms with E-state index in [9.17, 15) is 4.79 Å². The number of nitrogens with zero attached hydrogens (tertiary/aromatic N) is 2. The van der Waals surface area contributed by atoms with Gasteiger partial charge in [0.1, 0.15) is 0 Å². The maximum absolute atomic E-state index is 11.3. The Hall–Kier alpha value is -0.610. The fraction of sp³-hybridized carbons (Fsp3) is 0.917. The van der Waals surface area contributed by atoms with Crippen molar-refractivity contribution in [1.29, 1.82) is 0 Å². The van der Waals surface area contributed by atoms with Crippen molar-refractivity contribution in [1.82, 2.24) is 15.1 Å². The van der Waals surface area contributed by atoms with Crippen LogP contribution in [-0.4, -0.2) is 62.0 Å². The summed E-state index contributed by atoms with van der Waals surface area (Å²) in [6, 6.07) is 0. The van der Waals surface area contributed by atoms with Crippen molar-refractivity contribution in [2.45, 2.75) is 20.3 Å². The van der Waals surface area contributed by atoms with E-state index in [0.717, 1.165) is 32.6 Å². The molecule has 1 amide bonds. The van der Waals surface area contributed by atoms with Crippen LogP contribution in [0.4, 0.5) is 0 Å². The third-order valence-corrected chi connectivity index (χ3v) is 3.07. The van der Waals surface area contributed by atoms with Crippen LogP contribution in [-0.2, 0) is 4.79 Å². The van der Waals surface area contributed by atoms with Gasteiger partial charge in [-0.2, -0.15) is 0 Å². The first kappa shape index (κ1) is 13.5. The highest BCUT2D eigenvalue weighted by molar-refractivity contribution is 5.77. The smallest absolute Gasteiger partial charge is 0.222 e. The number of carbonyl (C=O) groups is 1. The maximum Gasteiger partial charge on any atom is 0.222 e. The molecule has 1 N–H and O–H groups in total. The number of likely N-dealkylation sites (N-methyl/N-ethyl adjacent to an activating group) is 1. The molecule has 1 aliphatic rings. The molecule has 0 saturated carbocycles. The van der Waals surface area contributed by atoms with Crippen LogP contribution >= 0.6 is 0 Å². The van der Waals surface area contributed by atoms with Crippen LogP contribution in [0.15, 0.2) is 0 Å². The van der Waals surface area contributed by atoms with Gasteiger partial charge in [0, 0.05) is 38.6 Å². The van der Waals surface area contributed by atoms with Crippen LogP contribution in [0.5, 0.6) is 0 Å². The standard InChI is InChI=1S/C12H25N3O/c1-11(2)12(16)13-5-4-6-15-9-7-14(3)8-10-15/h11H,4-10H2,1-3H3,(H,13,16). The highest BCUT2D eigenvalue weighted by atomic mass is 16.1. The Morgan fingerprint density at radius 2 is 1.88 bits per heavy atom. The molecule has 0 atom stereocenters. The highest BCUT2D eigenvalue weighted by Gasteiger charge is 2.13. The number of nitrogens with one attached hydrogen (secondary N) is 1. The Kier molecular flexibility index (Phi) is 5.77. The molecular weight excluding hydrogens is 202 g/mol. The van der Waals surface area contributed by atoms with Gasteiger partial charge < -0.3 is 15.1 Å². The fourth-order valence-corrected chi connectivity index (χ4v) is 1.79. The summed E-state index contributed by atoms with van der Waals surface area (Å²) >= 11 is 0. The van der Waals surface area contributed by atoms with Crippen molar-refractivity contribution in [3.8, 4) is 0 Å². The molecule has 1 rings (SSSR count). The number of hydrogen-bond donors (Lipinski definition) is 1. The minimum atomic E-state index is 0.101. The second kappa shape index (κ2) is 6.86. The van der Waals surface area contributed by atoms with Crippen molar-refractivity contribution < 1.29 is 4.79 Å². The zero-order valence-corrected chi connectivity index (χ0v) is 10.8. The average Bonchev–Trinajstić information content (AvgIpc) is 2.26.